The first-order valence-electron chi connectivity index (χ1n) is 7.57. The van der Waals surface area contributed by atoms with Crippen molar-refractivity contribution in [2.75, 3.05) is 13.2 Å². The minimum atomic E-state index is 0. The van der Waals surface area contributed by atoms with Crippen molar-refractivity contribution >= 4 is 34.2 Å². The monoisotopic (exact) mass is 390 g/mol. The molecule has 1 aromatic rings. The number of nitrogens with one attached hydrogen (secondary N) is 2. The Hall–Kier alpha value is -0.780. The number of piperidine rings is 1. The van der Waals surface area contributed by atoms with Crippen LogP contribution in [0.4, 0.5) is 0 Å². The lowest BCUT2D eigenvalue weighted by atomic mass is 10.00. The standard InChI is InChI=1S/C16H23BrN2O2.ClH/c1-12-14(7-4-10-18-12)19-16(20)9-5-11-21-15-8-3-2-6-13(15)17;/h2-3,6,8,12,14,18H,4-5,7,9-11H2,1H3,(H,19,20);1H. The third-order valence-corrected chi connectivity index (χ3v) is 4.41. The lowest BCUT2D eigenvalue weighted by Crippen LogP contribution is -2.51. The van der Waals surface area contributed by atoms with E-state index >= 15 is 0 Å². The molecule has 1 aromatic carbocycles. The number of hydrogen-bond donors (Lipinski definition) is 2. The highest BCUT2D eigenvalue weighted by Gasteiger charge is 2.21. The van der Waals surface area contributed by atoms with E-state index in [1.807, 2.05) is 24.3 Å². The SMILES string of the molecule is CC1NCCCC1NC(=O)CCCOc1ccccc1Br.Cl. The summed E-state index contributed by atoms with van der Waals surface area (Å²) in [4.78, 5) is 11.9. The van der Waals surface area contributed by atoms with Gasteiger partial charge < -0.3 is 15.4 Å². The van der Waals surface area contributed by atoms with Gasteiger partial charge in [0.15, 0.2) is 0 Å². The van der Waals surface area contributed by atoms with Crippen LogP contribution in [0.5, 0.6) is 5.75 Å². The number of ether oxygens (including phenoxy) is 1. The van der Waals surface area contributed by atoms with Gasteiger partial charge in [-0.2, -0.15) is 0 Å². The maximum atomic E-state index is 11.9. The van der Waals surface area contributed by atoms with Gasteiger partial charge in [0, 0.05) is 18.5 Å². The van der Waals surface area contributed by atoms with E-state index in [2.05, 4.69) is 33.5 Å². The largest absolute Gasteiger partial charge is 0.492 e. The summed E-state index contributed by atoms with van der Waals surface area (Å²) in [5.41, 5.74) is 0. The zero-order valence-corrected chi connectivity index (χ0v) is 15.2. The number of benzene rings is 1. The van der Waals surface area contributed by atoms with Crippen LogP contribution in [-0.2, 0) is 4.79 Å². The van der Waals surface area contributed by atoms with E-state index in [0.29, 0.717) is 19.1 Å². The van der Waals surface area contributed by atoms with Crippen LogP contribution >= 0.6 is 28.3 Å². The number of carbonyl (C=O) groups excluding carboxylic acids is 1. The van der Waals surface area contributed by atoms with Crippen molar-refractivity contribution in [3.05, 3.63) is 28.7 Å². The minimum Gasteiger partial charge on any atom is -0.492 e. The number of carbonyl (C=O) groups is 1. The highest BCUT2D eigenvalue weighted by Crippen LogP contribution is 2.23. The van der Waals surface area contributed by atoms with Crippen molar-refractivity contribution in [2.24, 2.45) is 0 Å². The molecule has 2 atom stereocenters. The first kappa shape index (κ1) is 19.3. The first-order chi connectivity index (χ1) is 10.2. The van der Waals surface area contributed by atoms with Crippen molar-refractivity contribution in [3.8, 4) is 5.75 Å². The second-order valence-electron chi connectivity index (χ2n) is 5.44. The van der Waals surface area contributed by atoms with Gasteiger partial charge in [0.05, 0.1) is 11.1 Å². The van der Waals surface area contributed by atoms with E-state index in [1.54, 1.807) is 0 Å². The quantitative estimate of drug-likeness (QED) is 0.732. The summed E-state index contributed by atoms with van der Waals surface area (Å²) >= 11 is 3.44. The highest BCUT2D eigenvalue weighted by molar-refractivity contribution is 9.10. The van der Waals surface area contributed by atoms with E-state index < -0.39 is 0 Å². The topological polar surface area (TPSA) is 50.4 Å². The van der Waals surface area contributed by atoms with Crippen LogP contribution in [0.2, 0.25) is 0 Å². The zero-order chi connectivity index (χ0) is 15.1. The van der Waals surface area contributed by atoms with Crippen LogP contribution in [0, 0.1) is 0 Å². The Morgan fingerprint density at radius 1 is 1.45 bits per heavy atom. The fourth-order valence-corrected chi connectivity index (χ4v) is 2.90. The highest BCUT2D eigenvalue weighted by atomic mass is 79.9. The first-order valence-corrected chi connectivity index (χ1v) is 8.36. The predicted molar refractivity (Wildman–Crippen MR) is 94.7 cm³/mol. The molecule has 22 heavy (non-hydrogen) atoms. The number of rotatable bonds is 6. The summed E-state index contributed by atoms with van der Waals surface area (Å²) in [5.74, 6) is 0.939. The molecule has 1 aliphatic rings. The van der Waals surface area contributed by atoms with Crippen LogP contribution in [-0.4, -0.2) is 31.1 Å². The Morgan fingerprint density at radius 2 is 2.23 bits per heavy atom. The van der Waals surface area contributed by atoms with E-state index in [4.69, 9.17) is 4.74 Å². The lowest BCUT2D eigenvalue weighted by molar-refractivity contribution is -0.122. The van der Waals surface area contributed by atoms with Crippen molar-refractivity contribution in [1.29, 1.82) is 0 Å². The fraction of sp³-hybridized carbons (Fsp3) is 0.562. The van der Waals surface area contributed by atoms with Crippen LogP contribution in [0.15, 0.2) is 28.7 Å². The second-order valence-corrected chi connectivity index (χ2v) is 6.30. The Labute approximate surface area is 146 Å². The molecule has 6 heteroatoms. The van der Waals surface area contributed by atoms with Crippen LogP contribution in [0.25, 0.3) is 0 Å². The van der Waals surface area contributed by atoms with E-state index in [9.17, 15) is 4.79 Å². The molecule has 2 N–H and O–H groups in total. The van der Waals surface area contributed by atoms with Gasteiger partial charge in [-0.3, -0.25) is 4.79 Å². The van der Waals surface area contributed by atoms with E-state index in [1.165, 1.54) is 0 Å². The Kier molecular flexibility index (Phi) is 8.83. The molecule has 0 saturated carbocycles. The molecule has 1 fully saturated rings. The average Bonchev–Trinajstić information content (AvgIpc) is 2.48. The average molecular weight is 392 g/mol. The van der Waals surface area contributed by atoms with Crippen LogP contribution in [0.1, 0.15) is 32.6 Å². The molecule has 0 bridgehead atoms. The van der Waals surface area contributed by atoms with Crippen molar-refractivity contribution in [2.45, 2.75) is 44.7 Å². The third kappa shape index (κ3) is 6.15. The summed E-state index contributed by atoms with van der Waals surface area (Å²) in [6.07, 6.45) is 3.42. The van der Waals surface area contributed by atoms with Gasteiger partial charge in [0.2, 0.25) is 5.91 Å². The Bertz CT molecular complexity index is 473. The number of hydrogen-bond acceptors (Lipinski definition) is 3. The minimum absolute atomic E-state index is 0. The second kappa shape index (κ2) is 10.1. The molecule has 0 radical (unpaired) electrons. The molecule has 0 spiro atoms. The van der Waals surface area contributed by atoms with Gasteiger partial charge in [0.1, 0.15) is 5.75 Å². The summed E-state index contributed by atoms with van der Waals surface area (Å²) in [5, 5.41) is 6.50. The zero-order valence-electron chi connectivity index (χ0n) is 12.8. The summed E-state index contributed by atoms with van der Waals surface area (Å²) in [7, 11) is 0. The molecule has 0 aromatic heterocycles. The predicted octanol–water partition coefficient (Wildman–Crippen LogP) is 3.29. The van der Waals surface area contributed by atoms with E-state index in [-0.39, 0.29) is 24.4 Å². The Morgan fingerprint density at radius 3 is 2.95 bits per heavy atom. The van der Waals surface area contributed by atoms with Gasteiger partial charge in [-0.25, -0.2) is 0 Å². The van der Waals surface area contributed by atoms with Gasteiger partial charge in [-0.1, -0.05) is 12.1 Å². The molecule has 1 aliphatic heterocycles. The van der Waals surface area contributed by atoms with Crippen molar-refractivity contribution < 1.29 is 9.53 Å². The molecule has 1 saturated heterocycles. The van der Waals surface area contributed by atoms with Crippen molar-refractivity contribution in [3.63, 3.8) is 0 Å². The van der Waals surface area contributed by atoms with E-state index in [0.717, 1.165) is 36.0 Å². The van der Waals surface area contributed by atoms with Gasteiger partial charge in [0.25, 0.3) is 0 Å². The molecular formula is C16H24BrClN2O2. The van der Waals surface area contributed by atoms with Gasteiger partial charge in [-0.15, -0.1) is 12.4 Å². The normalized spacial score (nSPS) is 20.8. The fourth-order valence-electron chi connectivity index (χ4n) is 2.50. The maximum absolute atomic E-state index is 11.9. The van der Waals surface area contributed by atoms with Gasteiger partial charge >= 0.3 is 0 Å². The van der Waals surface area contributed by atoms with Crippen LogP contribution < -0.4 is 15.4 Å². The number of para-hydroxylation sites is 1. The lowest BCUT2D eigenvalue weighted by Gasteiger charge is -2.30. The summed E-state index contributed by atoms with van der Waals surface area (Å²) in [6.45, 7) is 3.72. The summed E-state index contributed by atoms with van der Waals surface area (Å²) in [6, 6.07) is 8.36. The molecular weight excluding hydrogens is 368 g/mol. The van der Waals surface area contributed by atoms with Crippen LogP contribution in [0.3, 0.4) is 0 Å². The molecule has 2 rings (SSSR count). The maximum Gasteiger partial charge on any atom is 0.220 e. The van der Waals surface area contributed by atoms with Gasteiger partial charge in [-0.05, 0) is 60.8 Å². The number of halogens is 2. The Balaban J connectivity index is 0.00000242. The molecule has 2 unspecified atom stereocenters. The third-order valence-electron chi connectivity index (χ3n) is 3.75. The summed E-state index contributed by atoms with van der Waals surface area (Å²) < 4.78 is 6.60. The molecule has 0 aliphatic carbocycles. The molecule has 1 amide bonds. The number of amides is 1. The molecule has 1 heterocycles. The molecule has 4 nitrogen and oxygen atoms in total. The molecule has 124 valence electrons. The van der Waals surface area contributed by atoms with Crippen molar-refractivity contribution in [1.82, 2.24) is 10.6 Å². The smallest absolute Gasteiger partial charge is 0.220 e.